The molecule has 1 N–H and O–H groups in total. The number of hydrogen-bond donors (Lipinski definition) is 1. The summed E-state index contributed by atoms with van der Waals surface area (Å²) in [5.74, 6) is 0.865. The highest BCUT2D eigenvalue weighted by atomic mass is 35.5. The number of rotatable bonds is 8. The Hall–Kier alpha value is -0.770. The van der Waals surface area contributed by atoms with Gasteiger partial charge in [-0.1, -0.05) is 11.6 Å². The van der Waals surface area contributed by atoms with Crippen LogP contribution in [0, 0.1) is 0 Å². The average molecular weight is 257 g/mol. The lowest BCUT2D eigenvalue weighted by Gasteiger charge is -2.10. The molecule has 0 spiro atoms. The van der Waals surface area contributed by atoms with Gasteiger partial charge in [-0.2, -0.15) is 0 Å². The summed E-state index contributed by atoms with van der Waals surface area (Å²) in [5.41, 5.74) is 0. The lowest BCUT2D eigenvalue weighted by Crippen LogP contribution is -2.25. The van der Waals surface area contributed by atoms with E-state index in [1.165, 1.54) is 0 Å². The third-order valence-corrected chi connectivity index (χ3v) is 2.57. The molecule has 0 aliphatic carbocycles. The fourth-order valence-corrected chi connectivity index (χ4v) is 1.54. The molecule has 0 unspecified atom stereocenters. The van der Waals surface area contributed by atoms with Gasteiger partial charge in [0, 0.05) is 11.6 Å². The van der Waals surface area contributed by atoms with Crippen molar-refractivity contribution in [3.8, 4) is 5.75 Å². The van der Waals surface area contributed by atoms with Gasteiger partial charge in [-0.15, -0.1) is 0 Å². The van der Waals surface area contributed by atoms with Gasteiger partial charge in [0.05, 0.1) is 0 Å². The highest BCUT2D eigenvalue weighted by Gasteiger charge is 1.94. The Morgan fingerprint density at radius 1 is 1.18 bits per heavy atom. The Balaban J connectivity index is 1.99. The molecule has 4 heteroatoms. The van der Waals surface area contributed by atoms with E-state index >= 15 is 0 Å². The maximum absolute atomic E-state index is 5.78. The van der Waals surface area contributed by atoms with Crippen molar-refractivity contribution in [2.24, 2.45) is 0 Å². The Morgan fingerprint density at radius 3 is 2.53 bits per heavy atom. The molecule has 0 radical (unpaired) electrons. The summed E-state index contributed by atoms with van der Waals surface area (Å²) in [6.45, 7) is 3.70. The standard InChI is InChI=1S/C13H21ClN2O/c1-16(2)10-3-8-15-9-11-17-13-6-4-12(14)5-7-13/h4-7,15H,3,8-11H2,1-2H3. The van der Waals surface area contributed by atoms with Gasteiger partial charge in [-0.05, 0) is 57.9 Å². The number of hydrogen-bond acceptors (Lipinski definition) is 3. The normalized spacial score (nSPS) is 10.8. The van der Waals surface area contributed by atoms with Crippen LogP contribution in [-0.2, 0) is 0 Å². The van der Waals surface area contributed by atoms with Gasteiger partial charge in [-0.3, -0.25) is 0 Å². The minimum Gasteiger partial charge on any atom is -0.492 e. The van der Waals surface area contributed by atoms with Crippen LogP contribution >= 0.6 is 11.6 Å². The summed E-state index contributed by atoms with van der Waals surface area (Å²) in [5, 5.41) is 4.08. The molecule has 0 bridgehead atoms. The van der Waals surface area contributed by atoms with Crippen molar-refractivity contribution in [2.45, 2.75) is 6.42 Å². The third-order valence-electron chi connectivity index (χ3n) is 2.32. The van der Waals surface area contributed by atoms with Crippen molar-refractivity contribution in [3.05, 3.63) is 29.3 Å². The van der Waals surface area contributed by atoms with Gasteiger partial charge < -0.3 is 15.0 Å². The lowest BCUT2D eigenvalue weighted by atomic mass is 10.3. The minimum atomic E-state index is 0.684. The third kappa shape index (κ3) is 7.21. The number of halogens is 1. The zero-order valence-corrected chi connectivity index (χ0v) is 11.3. The quantitative estimate of drug-likeness (QED) is 0.722. The van der Waals surface area contributed by atoms with Crippen LogP contribution in [0.4, 0.5) is 0 Å². The van der Waals surface area contributed by atoms with E-state index in [1.807, 2.05) is 24.3 Å². The van der Waals surface area contributed by atoms with Crippen molar-refractivity contribution < 1.29 is 4.74 Å². The maximum Gasteiger partial charge on any atom is 0.119 e. The van der Waals surface area contributed by atoms with Crippen molar-refractivity contribution in [2.75, 3.05) is 40.3 Å². The minimum absolute atomic E-state index is 0.684. The van der Waals surface area contributed by atoms with Gasteiger partial charge in [-0.25, -0.2) is 0 Å². The summed E-state index contributed by atoms with van der Waals surface area (Å²) < 4.78 is 5.56. The topological polar surface area (TPSA) is 24.5 Å². The smallest absolute Gasteiger partial charge is 0.119 e. The first-order valence-electron chi connectivity index (χ1n) is 5.92. The molecule has 1 aromatic carbocycles. The first-order chi connectivity index (χ1) is 8.18. The molecule has 0 saturated heterocycles. The van der Waals surface area contributed by atoms with Crippen LogP contribution in [0.25, 0.3) is 0 Å². The zero-order valence-electron chi connectivity index (χ0n) is 10.6. The van der Waals surface area contributed by atoms with E-state index in [4.69, 9.17) is 16.3 Å². The molecule has 0 aromatic heterocycles. The summed E-state index contributed by atoms with van der Waals surface area (Å²) in [4.78, 5) is 2.19. The molecule has 0 atom stereocenters. The van der Waals surface area contributed by atoms with Crippen LogP contribution in [0.1, 0.15) is 6.42 Å². The molecule has 0 saturated carbocycles. The molecule has 1 rings (SSSR count). The van der Waals surface area contributed by atoms with E-state index in [1.54, 1.807) is 0 Å². The van der Waals surface area contributed by atoms with Gasteiger partial charge in [0.2, 0.25) is 0 Å². The van der Waals surface area contributed by atoms with Crippen LogP contribution in [0.3, 0.4) is 0 Å². The van der Waals surface area contributed by atoms with Crippen LogP contribution in [0.15, 0.2) is 24.3 Å². The van der Waals surface area contributed by atoms with Crippen LogP contribution in [-0.4, -0.2) is 45.2 Å². The first kappa shape index (κ1) is 14.3. The fourth-order valence-electron chi connectivity index (χ4n) is 1.42. The zero-order chi connectivity index (χ0) is 12.5. The van der Waals surface area contributed by atoms with Crippen LogP contribution in [0.5, 0.6) is 5.75 Å². The second-order valence-electron chi connectivity index (χ2n) is 4.21. The molecule has 0 amide bonds. The number of nitrogens with one attached hydrogen (secondary N) is 1. The highest BCUT2D eigenvalue weighted by molar-refractivity contribution is 6.30. The van der Waals surface area contributed by atoms with E-state index < -0.39 is 0 Å². The Morgan fingerprint density at radius 2 is 1.88 bits per heavy atom. The van der Waals surface area contributed by atoms with Gasteiger partial charge in [0.25, 0.3) is 0 Å². The average Bonchev–Trinajstić information content (AvgIpc) is 2.30. The van der Waals surface area contributed by atoms with Crippen molar-refractivity contribution in [3.63, 3.8) is 0 Å². The van der Waals surface area contributed by atoms with E-state index in [0.29, 0.717) is 6.61 Å². The summed E-state index contributed by atoms with van der Waals surface area (Å²) in [6.07, 6.45) is 1.16. The first-order valence-corrected chi connectivity index (χ1v) is 6.30. The Bertz CT molecular complexity index is 301. The lowest BCUT2D eigenvalue weighted by molar-refractivity contribution is 0.311. The molecule has 3 nitrogen and oxygen atoms in total. The molecule has 0 heterocycles. The van der Waals surface area contributed by atoms with Crippen molar-refractivity contribution in [1.82, 2.24) is 10.2 Å². The van der Waals surface area contributed by atoms with Crippen molar-refractivity contribution in [1.29, 1.82) is 0 Å². The second-order valence-corrected chi connectivity index (χ2v) is 4.65. The van der Waals surface area contributed by atoms with Gasteiger partial charge in [0.15, 0.2) is 0 Å². The maximum atomic E-state index is 5.78. The summed E-state index contributed by atoms with van der Waals surface area (Å²) >= 11 is 5.78. The second kappa shape index (κ2) is 8.34. The van der Waals surface area contributed by atoms with Crippen LogP contribution < -0.4 is 10.1 Å². The summed E-state index contributed by atoms with van der Waals surface area (Å²) in [7, 11) is 4.17. The predicted octanol–water partition coefficient (Wildman–Crippen LogP) is 2.26. The van der Waals surface area contributed by atoms with Gasteiger partial charge in [0.1, 0.15) is 12.4 Å². The van der Waals surface area contributed by atoms with Gasteiger partial charge >= 0.3 is 0 Å². The van der Waals surface area contributed by atoms with E-state index in [9.17, 15) is 0 Å². The Labute approximate surface area is 109 Å². The number of ether oxygens (including phenoxy) is 1. The van der Waals surface area contributed by atoms with E-state index in [2.05, 4.69) is 24.3 Å². The largest absolute Gasteiger partial charge is 0.492 e. The molecular formula is C13H21ClN2O. The van der Waals surface area contributed by atoms with E-state index in [-0.39, 0.29) is 0 Å². The monoisotopic (exact) mass is 256 g/mol. The van der Waals surface area contributed by atoms with E-state index in [0.717, 1.165) is 36.8 Å². The predicted molar refractivity (Wildman–Crippen MR) is 73.0 cm³/mol. The van der Waals surface area contributed by atoms with Crippen LogP contribution in [0.2, 0.25) is 5.02 Å². The number of benzene rings is 1. The fraction of sp³-hybridized carbons (Fsp3) is 0.538. The SMILES string of the molecule is CN(C)CCCNCCOc1ccc(Cl)cc1. The molecule has 17 heavy (non-hydrogen) atoms. The molecule has 96 valence electrons. The summed E-state index contributed by atoms with van der Waals surface area (Å²) in [6, 6.07) is 7.44. The molecule has 0 fully saturated rings. The molecule has 0 aliphatic heterocycles. The molecule has 0 aliphatic rings. The van der Waals surface area contributed by atoms with Crippen molar-refractivity contribution >= 4 is 11.6 Å². The Kier molecular flexibility index (Phi) is 7.01. The molecular weight excluding hydrogens is 236 g/mol. The molecule has 1 aromatic rings. The highest BCUT2D eigenvalue weighted by Crippen LogP contribution is 2.14. The number of nitrogens with zero attached hydrogens (tertiary/aromatic N) is 1.